The maximum Gasteiger partial charge on any atom is 0.295 e. The summed E-state index contributed by atoms with van der Waals surface area (Å²) in [5, 5.41) is 11.3. The van der Waals surface area contributed by atoms with Crippen LogP contribution in [0.5, 0.6) is 11.5 Å². The second-order valence-electron chi connectivity index (χ2n) is 8.56. The van der Waals surface area contributed by atoms with Gasteiger partial charge < -0.3 is 24.4 Å². The van der Waals surface area contributed by atoms with Crippen LogP contribution in [0, 0.1) is 0 Å². The molecule has 2 aromatic rings. The molecule has 36 heavy (non-hydrogen) atoms. The zero-order valence-electron chi connectivity index (χ0n) is 21.4. The van der Waals surface area contributed by atoms with E-state index in [1.165, 1.54) is 0 Å². The van der Waals surface area contributed by atoms with Crippen LogP contribution in [0.2, 0.25) is 0 Å². The molecule has 0 spiro atoms. The molecule has 2 aromatic carbocycles. The van der Waals surface area contributed by atoms with Gasteiger partial charge in [0.2, 0.25) is 0 Å². The van der Waals surface area contributed by atoms with Crippen LogP contribution in [0.3, 0.4) is 0 Å². The molecule has 0 saturated carbocycles. The fourth-order valence-electron chi connectivity index (χ4n) is 4.23. The predicted octanol–water partition coefficient (Wildman–Crippen LogP) is 4.80. The lowest BCUT2D eigenvalue weighted by Crippen LogP contribution is -2.38. The average molecular weight is 493 g/mol. The molecule has 0 bridgehead atoms. The standard InChI is InChI=1S/C29H36N2O5/c1-5-19-35-23-13-9-21(10-14-23)26-25(27(32)22-11-15-24(16-12-22)36-20-6-2)28(33)29(34)31(26)18-17-30(7-3)8-4/h5,9-16,26,32H,1,6-8,17-20H2,2-4H3/b27-25+/t26-/m0/s1. The van der Waals surface area contributed by atoms with E-state index in [1.807, 2.05) is 19.1 Å². The second kappa shape index (κ2) is 12.9. The number of likely N-dealkylation sites (N-methyl/N-ethyl adjacent to an activating group) is 1. The molecule has 7 heteroatoms. The number of likely N-dealkylation sites (tertiary alicyclic amines) is 1. The minimum atomic E-state index is -0.704. The quantitative estimate of drug-likeness (QED) is 0.187. The summed E-state index contributed by atoms with van der Waals surface area (Å²) in [6.45, 7) is 13.4. The Kier molecular flexibility index (Phi) is 9.70. The highest BCUT2D eigenvalue weighted by atomic mass is 16.5. The fraction of sp³-hybridized carbons (Fsp3) is 0.379. The van der Waals surface area contributed by atoms with E-state index < -0.39 is 17.7 Å². The number of amides is 1. The summed E-state index contributed by atoms with van der Waals surface area (Å²) in [5.41, 5.74) is 1.27. The Morgan fingerprint density at radius 2 is 1.61 bits per heavy atom. The number of ether oxygens (including phenoxy) is 2. The first-order chi connectivity index (χ1) is 17.4. The third-order valence-corrected chi connectivity index (χ3v) is 6.26. The van der Waals surface area contributed by atoms with E-state index in [2.05, 4.69) is 25.3 Å². The highest BCUT2D eigenvalue weighted by molar-refractivity contribution is 6.46. The first-order valence-electron chi connectivity index (χ1n) is 12.5. The molecule has 1 amide bonds. The minimum Gasteiger partial charge on any atom is -0.507 e. The molecule has 0 radical (unpaired) electrons. The highest BCUT2D eigenvalue weighted by Gasteiger charge is 2.46. The van der Waals surface area contributed by atoms with Crippen molar-refractivity contribution in [3.8, 4) is 11.5 Å². The summed E-state index contributed by atoms with van der Waals surface area (Å²) in [6.07, 6.45) is 2.55. The molecule has 1 N–H and O–H groups in total. The van der Waals surface area contributed by atoms with Gasteiger partial charge in [0.25, 0.3) is 11.7 Å². The van der Waals surface area contributed by atoms with Gasteiger partial charge in [-0.05, 0) is 61.5 Å². The average Bonchev–Trinajstić information content (AvgIpc) is 3.16. The number of carbonyl (C=O) groups excluding carboxylic acids is 2. The summed E-state index contributed by atoms with van der Waals surface area (Å²) >= 11 is 0. The van der Waals surface area contributed by atoms with Gasteiger partial charge in [0, 0.05) is 18.7 Å². The van der Waals surface area contributed by atoms with Crippen LogP contribution in [0.1, 0.15) is 44.4 Å². The molecule has 192 valence electrons. The van der Waals surface area contributed by atoms with Gasteiger partial charge in [0.05, 0.1) is 18.2 Å². The Morgan fingerprint density at radius 3 is 2.19 bits per heavy atom. The molecule has 1 fully saturated rings. The Labute approximate surface area is 213 Å². The van der Waals surface area contributed by atoms with Gasteiger partial charge in [-0.3, -0.25) is 9.59 Å². The fourth-order valence-corrected chi connectivity index (χ4v) is 4.23. The van der Waals surface area contributed by atoms with Crippen LogP contribution >= 0.6 is 0 Å². The van der Waals surface area contributed by atoms with Gasteiger partial charge in [-0.1, -0.05) is 45.6 Å². The monoisotopic (exact) mass is 492 g/mol. The summed E-state index contributed by atoms with van der Waals surface area (Å²) in [5.74, 6) is -0.155. The number of aliphatic hydroxyl groups is 1. The molecule has 7 nitrogen and oxygen atoms in total. The largest absolute Gasteiger partial charge is 0.507 e. The first-order valence-corrected chi connectivity index (χ1v) is 12.5. The molecule has 1 heterocycles. The Hall–Kier alpha value is -3.58. The number of Topliss-reactive ketones (excluding diaryl/α,β-unsaturated/α-hetero) is 1. The SMILES string of the molecule is C=CCOc1ccc([C@H]2/C(=C(\O)c3ccc(OCCC)cc3)C(=O)C(=O)N2CCN(CC)CC)cc1. The molecule has 1 aliphatic heterocycles. The Bertz CT molecular complexity index is 1070. The van der Waals surface area contributed by atoms with E-state index in [0.717, 1.165) is 25.1 Å². The zero-order chi connectivity index (χ0) is 26.1. The maximum absolute atomic E-state index is 13.2. The molecule has 1 aliphatic rings. The van der Waals surface area contributed by atoms with E-state index >= 15 is 0 Å². The molecule has 3 rings (SSSR count). The van der Waals surface area contributed by atoms with Crippen molar-refractivity contribution in [3.05, 3.63) is 77.9 Å². The first kappa shape index (κ1) is 27.0. The van der Waals surface area contributed by atoms with Crippen molar-refractivity contribution in [2.75, 3.05) is 39.4 Å². The summed E-state index contributed by atoms with van der Waals surface area (Å²) in [6, 6.07) is 13.4. The number of hydrogen-bond donors (Lipinski definition) is 1. The Balaban J connectivity index is 2.01. The lowest BCUT2D eigenvalue weighted by Gasteiger charge is -2.28. The van der Waals surface area contributed by atoms with Gasteiger partial charge in [-0.2, -0.15) is 0 Å². The molecule has 1 saturated heterocycles. The van der Waals surface area contributed by atoms with E-state index in [1.54, 1.807) is 47.4 Å². The predicted molar refractivity (Wildman–Crippen MR) is 141 cm³/mol. The van der Waals surface area contributed by atoms with Crippen molar-refractivity contribution in [2.24, 2.45) is 0 Å². The van der Waals surface area contributed by atoms with Crippen LogP contribution in [0.15, 0.2) is 66.8 Å². The van der Waals surface area contributed by atoms with Crippen LogP contribution in [-0.4, -0.2) is 66.0 Å². The number of rotatable bonds is 13. The van der Waals surface area contributed by atoms with Crippen molar-refractivity contribution in [2.45, 2.75) is 33.2 Å². The summed E-state index contributed by atoms with van der Waals surface area (Å²) in [7, 11) is 0. The third-order valence-electron chi connectivity index (χ3n) is 6.26. The van der Waals surface area contributed by atoms with Gasteiger partial charge in [0.1, 0.15) is 23.9 Å². The van der Waals surface area contributed by atoms with Gasteiger partial charge in [0.15, 0.2) is 0 Å². The third kappa shape index (κ3) is 6.15. The van der Waals surface area contributed by atoms with Gasteiger partial charge >= 0.3 is 0 Å². The van der Waals surface area contributed by atoms with Crippen molar-refractivity contribution >= 4 is 17.4 Å². The van der Waals surface area contributed by atoms with E-state index in [4.69, 9.17) is 9.47 Å². The molecule has 0 unspecified atom stereocenters. The summed E-state index contributed by atoms with van der Waals surface area (Å²) < 4.78 is 11.2. The lowest BCUT2D eigenvalue weighted by molar-refractivity contribution is -0.140. The van der Waals surface area contributed by atoms with Crippen molar-refractivity contribution in [1.82, 2.24) is 9.80 Å². The smallest absolute Gasteiger partial charge is 0.295 e. The number of nitrogens with zero attached hydrogens (tertiary/aromatic N) is 2. The number of carbonyl (C=O) groups is 2. The number of hydrogen-bond acceptors (Lipinski definition) is 6. The van der Waals surface area contributed by atoms with Crippen molar-refractivity contribution in [1.29, 1.82) is 0 Å². The van der Waals surface area contributed by atoms with Gasteiger partial charge in [-0.15, -0.1) is 0 Å². The van der Waals surface area contributed by atoms with E-state index in [9.17, 15) is 14.7 Å². The number of ketones is 1. The highest BCUT2D eigenvalue weighted by Crippen LogP contribution is 2.39. The van der Waals surface area contributed by atoms with E-state index in [0.29, 0.717) is 43.4 Å². The van der Waals surface area contributed by atoms with Crippen LogP contribution in [-0.2, 0) is 9.59 Å². The van der Waals surface area contributed by atoms with Crippen molar-refractivity contribution < 1.29 is 24.2 Å². The maximum atomic E-state index is 13.2. The molecular weight excluding hydrogens is 456 g/mol. The molecule has 0 aliphatic carbocycles. The van der Waals surface area contributed by atoms with Crippen LogP contribution in [0.25, 0.3) is 5.76 Å². The minimum absolute atomic E-state index is 0.0848. The molecular formula is C29H36N2O5. The van der Waals surface area contributed by atoms with Crippen LogP contribution < -0.4 is 9.47 Å². The van der Waals surface area contributed by atoms with Crippen molar-refractivity contribution in [3.63, 3.8) is 0 Å². The second-order valence-corrected chi connectivity index (χ2v) is 8.56. The summed E-state index contributed by atoms with van der Waals surface area (Å²) in [4.78, 5) is 30.1. The van der Waals surface area contributed by atoms with Crippen LogP contribution in [0.4, 0.5) is 0 Å². The number of aliphatic hydroxyl groups excluding tert-OH is 1. The normalized spacial score (nSPS) is 17.0. The molecule has 1 atom stereocenters. The topological polar surface area (TPSA) is 79.3 Å². The number of benzene rings is 2. The molecule has 0 aromatic heterocycles. The van der Waals surface area contributed by atoms with Gasteiger partial charge in [-0.25, -0.2) is 0 Å². The zero-order valence-corrected chi connectivity index (χ0v) is 21.4. The lowest BCUT2D eigenvalue weighted by atomic mass is 9.95. The Morgan fingerprint density at radius 1 is 1.00 bits per heavy atom. The van der Waals surface area contributed by atoms with E-state index in [-0.39, 0.29) is 11.3 Å².